The monoisotopic (exact) mass is 153 g/mol. The van der Waals surface area contributed by atoms with Gasteiger partial charge in [0.05, 0.1) is 6.20 Å². The third-order valence-corrected chi connectivity index (χ3v) is 1.84. The number of hydrogen-bond donors (Lipinski definition) is 0. The fourth-order valence-electron chi connectivity index (χ4n) is 1.29. The van der Waals surface area contributed by atoms with Crippen molar-refractivity contribution in [1.29, 1.82) is 0 Å². The zero-order chi connectivity index (χ0) is 7.68. The van der Waals surface area contributed by atoms with Gasteiger partial charge in [-0.2, -0.15) is 0 Å². The highest BCUT2D eigenvalue weighted by Crippen LogP contribution is 2.27. The van der Waals surface area contributed by atoms with Crippen molar-refractivity contribution in [3.63, 3.8) is 0 Å². The molecular formula is C8H11NO2. The number of hydrogen-bond acceptors (Lipinski definition) is 3. The molecule has 0 saturated carbocycles. The Balaban J connectivity index is 2.15. The largest absolute Gasteiger partial charge is 0.443 e. The summed E-state index contributed by atoms with van der Waals surface area (Å²) in [6.07, 6.45) is 4.01. The van der Waals surface area contributed by atoms with Gasteiger partial charge in [0.25, 0.3) is 0 Å². The molecule has 0 aliphatic carbocycles. The minimum absolute atomic E-state index is 0.115. The number of rotatable bonds is 1. The Morgan fingerprint density at radius 3 is 3.09 bits per heavy atom. The number of aryl methyl sites for hydroxylation is 1. The van der Waals surface area contributed by atoms with Crippen molar-refractivity contribution in [3.05, 3.63) is 17.8 Å². The van der Waals surface area contributed by atoms with Gasteiger partial charge < -0.3 is 9.15 Å². The van der Waals surface area contributed by atoms with E-state index in [9.17, 15) is 0 Å². The van der Waals surface area contributed by atoms with Gasteiger partial charge in [-0.15, -0.1) is 0 Å². The lowest BCUT2D eigenvalue weighted by Gasteiger charge is -2.01. The summed E-state index contributed by atoms with van der Waals surface area (Å²) in [5.41, 5.74) is 0. The third kappa shape index (κ3) is 1.28. The van der Waals surface area contributed by atoms with Gasteiger partial charge in [-0.1, -0.05) is 0 Å². The second-order valence-electron chi connectivity index (χ2n) is 2.81. The predicted octanol–water partition coefficient (Wildman–Crippen LogP) is 1.83. The predicted molar refractivity (Wildman–Crippen MR) is 39.2 cm³/mol. The highest BCUT2D eigenvalue weighted by Gasteiger charge is 2.21. The fourth-order valence-corrected chi connectivity index (χ4v) is 1.29. The molecule has 0 radical (unpaired) electrons. The van der Waals surface area contributed by atoms with Crippen LogP contribution in [0.15, 0.2) is 10.6 Å². The van der Waals surface area contributed by atoms with E-state index in [1.165, 1.54) is 0 Å². The lowest BCUT2D eigenvalue weighted by atomic mass is 10.2. The summed E-state index contributed by atoms with van der Waals surface area (Å²) in [5, 5.41) is 0. The maximum Gasteiger partial charge on any atom is 0.223 e. The molecule has 3 heteroatoms. The molecule has 0 N–H and O–H groups in total. The van der Waals surface area contributed by atoms with Crippen LogP contribution in [0.3, 0.4) is 0 Å². The van der Waals surface area contributed by atoms with E-state index in [4.69, 9.17) is 9.15 Å². The second-order valence-corrected chi connectivity index (χ2v) is 2.81. The second kappa shape index (κ2) is 2.66. The van der Waals surface area contributed by atoms with Gasteiger partial charge in [0.15, 0.2) is 0 Å². The Morgan fingerprint density at radius 1 is 1.64 bits per heavy atom. The zero-order valence-corrected chi connectivity index (χ0v) is 6.54. The van der Waals surface area contributed by atoms with Crippen LogP contribution in [-0.2, 0) is 4.74 Å². The minimum Gasteiger partial charge on any atom is -0.443 e. The molecule has 0 bridgehead atoms. The van der Waals surface area contributed by atoms with E-state index >= 15 is 0 Å². The Bertz CT molecular complexity index is 238. The van der Waals surface area contributed by atoms with Crippen LogP contribution in [0.4, 0.5) is 0 Å². The molecule has 1 atom stereocenters. The summed E-state index contributed by atoms with van der Waals surface area (Å²) in [6.45, 7) is 2.73. The molecule has 0 spiro atoms. The van der Waals surface area contributed by atoms with Crippen LogP contribution in [0.25, 0.3) is 0 Å². The van der Waals surface area contributed by atoms with Crippen molar-refractivity contribution in [2.75, 3.05) is 6.61 Å². The standard InChI is InChI=1S/C8H11NO2/c1-6-5-9-8(11-6)7-3-2-4-10-7/h5,7H,2-4H2,1H3. The molecule has 1 aromatic rings. The first-order valence-electron chi connectivity index (χ1n) is 3.90. The first-order valence-corrected chi connectivity index (χ1v) is 3.90. The fraction of sp³-hybridized carbons (Fsp3) is 0.625. The van der Waals surface area contributed by atoms with E-state index in [-0.39, 0.29) is 6.10 Å². The molecule has 1 fully saturated rings. The summed E-state index contributed by atoms with van der Waals surface area (Å²) in [6, 6.07) is 0. The van der Waals surface area contributed by atoms with Crippen molar-refractivity contribution in [2.24, 2.45) is 0 Å². The first kappa shape index (κ1) is 6.85. The van der Waals surface area contributed by atoms with Gasteiger partial charge in [-0.25, -0.2) is 4.98 Å². The van der Waals surface area contributed by atoms with Crippen LogP contribution in [0, 0.1) is 6.92 Å². The summed E-state index contributed by atoms with van der Waals surface area (Å²) < 4.78 is 10.7. The molecule has 3 nitrogen and oxygen atoms in total. The lowest BCUT2D eigenvalue weighted by molar-refractivity contribution is 0.0885. The van der Waals surface area contributed by atoms with Gasteiger partial charge in [-0.3, -0.25) is 0 Å². The topological polar surface area (TPSA) is 35.3 Å². The van der Waals surface area contributed by atoms with Crippen molar-refractivity contribution in [2.45, 2.75) is 25.9 Å². The van der Waals surface area contributed by atoms with Crippen LogP contribution in [-0.4, -0.2) is 11.6 Å². The Hall–Kier alpha value is -0.830. The molecule has 1 saturated heterocycles. The van der Waals surface area contributed by atoms with Gasteiger partial charge in [0, 0.05) is 6.61 Å². The van der Waals surface area contributed by atoms with E-state index in [2.05, 4.69) is 4.98 Å². The lowest BCUT2D eigenvalue weighted by Crippen LogP contribution is -1.94. The number of ether oxygens (including phenoxy) is 1. The average Bonchev–Trinajstić information content (AvgIpc) is 2.55. The van der Waals surface area contributed by atoms with E-state index < -0.39 is 0 Å². The molecule has 1 aromatic heterocycles. The number of aromatic nitrogens is 1. The zero-order valence-electron chi connectivity index (χ0n) is 6.54. The minimum atomic E-state index is 0.115. The molecule has 2 rings (SSSR count). The van der Waals surface area contributed by atoms with Gasteiger partial charge in [0.1, 0.15) is 11.9 Å². The van der Waals surface area contributed by atoms with Crippen LogP contribution < -0.4 is 0 Å². The van der Waals surface area contributed by atoms with Gasteiger partial charge in [0.2, 0.25) is 5.89 Å². The summed E-state index contributed by atoms with van der Waals surface area (Å²) in [7, 11) is 0. The SMILES string of the molecule is Cc1cnc(C2CCCO2)o1. The molecule has 11 heavy (non-hydrogen) atoms. The molecular weight excluding hydrogens is 142 g/mol. The molecule has 1 aliphatic rings. The van der Waals surface area contributed by atoms with E-state index in [0.717, 1.165) is 31.1 Å². The third-order valence-electron chi connectivity index (χ3n) is 1.84. The summed E-state index contributed by atoms with van der Waals surface area (Å²) in [4.78, 5) is 4.11. The van der Waals surface area contributed by atoms with E-state index in [0.29, 0.717) is 0 Å². The van der Waals surface area contributed by atoms with Gasteiger partial charge >= 0.3 is 0 Å². The molecule has 2 heterocycles. The summed E-state index contributed by atoms with van der Waals surface area (Å²) >= 11 is 0. The van der Waals surface area contributed by atoms with Crippen molar-refractivity contribution in [3.8, 4) is 0 Å². The maximum atomic E-state index is 5.40. The van der Waals surface area contributed by atoms with E-state index in [1.54, 1.807) is 6.20 Å². The average molecular weight is 153 g/mol. The Labute approximate surface area is 65.4 Å². The first-order chi connectivity index (χ1) is 5.36. The quantitative estimate of drug-likeness (QED) is 0.617. The van der Waals surface area contributed by atoms with E-state index in [1.807, 2.05) is 6.92 Å². The smallest absolute Gasteiger partial charge is 0.223 e. The van der Waals surface area contributed by atoms with Crippen LogP contribution in [0.5, 0.6) is 0 Å². The van der Waals surface area contributed by atoms with Gasteiger partial charge in [-0.05, 0) is 19.8 Å². The maximum absolute atomic E-state index is 5.40. The Morgan fingerprint density at radius 2 is 2.55 bits per heavy atom. The molecule has 1 aliphatic heterocycles. The van der Waals surface area contributed by atoms with Crippen molar-refractivity contribution < 1.29 is 9.15 Å². The van der Waals surface area contributed by atoms with Crippen LogP contribution in [0.2, 0.25) is 0 Å². The molecule has 0 aromatic carbocycles. The summed E-state index contributed by atoms with van der Waals surface area (Å²) in [5.74, 6) is 1.59. The molecule has 0 amide bonds. The highest BCUT2D eigenvalue weighted by molar-refractivity contribution is 4.95. The van der Waals surface area contributed by atoms with Crippen molar-refractivity contribution in [1.82, 2.24) is 4.98 Å². The van der Waals surface area contributed by atoms with Crippen LogP contribution >= 0.6 is 0 Å². The van der Waals surface area contributed by atoms with Crippen molar-refractivity contribution >= 4 is 0 Å². The normalized spacial score (nSPS) is 24.3. The Kier molecular flexibility index (Phi) is 1.66. The molecule has 60 valence electrons. The van der Waals surface area contributed by atoms with Crippen LogP contribution in [0.1, 0.15) is 30.6 Å². The number of oxazole rings is 1. The number of nitrogens with zero attached hydrogens (tertiary/aromatic N) is 1. The molecule has 1 unspecified atom stereocenters. The highest BCUT2D eigenvalue weighted by atomic mass is 16.5.